The molecule has 4 unspecified atom stereocenters. The van der Waals surface area contributed by atoms with Crippen LogP contribution in [0, 0.1) is 0 Å². The number of nitrogens with zero attached hydrogens (tertiary/aromatic N) is 6. The second-order valence-corrected chi connectivity index (χ2v) is 13.2. The molecule has 0 amide bonds. The number of aromatic nitrogens is 8. The Labute approximate surface area is 254 Å². The van der Waals surface area contributed by atoms with Crippen molar-refractivity contribution in [2.75, 3.05) is 24.7 Å². The maximum absolute atomic E-state index is 13.0. The summed E-state index contributed by atoms with van der Waals surface area (Å²) < 4.78 is 60.6. The van der Waals surface area contributed by atoms with Gasteiger partial charge < -0.3 is 53.9 Å². The summed E-state index contributed by atoms with van der Waals surface area (Å²) in [7, 11) is -10.4. The smallest absolute Gasteiger partial charge is 0.280 e. The van der Waals surface area contributed by atoms with E-state index in [1.165, 1.54) is 10.9 Å². The van der Waals surface area contributed by atoms with E-state index in [4.69, 9.17) is 39.0 Å². The molecule has 0 saturated carbocycles. The Kier molecular flexibility index (Phi) is 7.61. The van der Waals surface area contributed by atoms with Crippen molar-refractivity contribution < 1.29 is 51.6 Å². The number of hydrogen-bond donors (Lipinski definition) is 5. The Balaban J connectivity index is 1.15. The van der Waals surface area contributed by atoms with Gasteiger partial charge in [-0.15, -0.1) is 0 Å². The number of aromatic amines is 2. The molecule has 7 heterocycles. The fourth-order valence-electron chi connectivity index (χ4n) is 5.56. The molecule has 0 spiro atoms. The summed E-state index contributed by atoms with van der Waals surface area (Å²) in [6.07, 6.45) is -7.79. The Morgan fingerprint density at radius 1 is 0.870 bits per heavy atom. The molecule has 9 atom stereocenters. The average molecular weight is 686 g/mol. The van der Waals surface area contributed by atoms with Crippen molar-refractivity contribution in [3.05, 3.63) is 33.4 Å². The second kappa shape index (κ2) is 11.3. The molecule has 0 bridgehead atoms. The zero-order valence-electron chi connectivity index (χ0n) is 23.1. The molecule has 3 saturated heterocycles. The molecule has 3 aliphatic heterocycles. The highest BCUT2D eigenvalue weighted by atomic mass is 31.2. The first-order valence-electron chi connectivity index (χ1n) is 13.5. The van der Waals surface area contributed by atoms with Crippen molar-refractivity contribution in [1.82, 2.24) is 39.0 Å². The third kappa shape index (κ3) is 5.65. The summed E-state index contributed by atoms with van der Waals surface area (Å²) in [5.41, 5.74) is 9.72. The summed E-state index contributed by atoms with van der Waals surface area (Å²) in [5, 5.41) is 11.1. The van der Waals surface area contributed by atoms with Gasteiger partial charge in [-0.1, -0.05) is 0 Å². The number of nitrogen functional groups attached to an aromatic ring is 2. The van der Waals surface area contributed by atoms with Crippen LogP contribution in [-0.4, -0.2) is 87.9 Å². The molecule has 25 heteroatoms. The largest absolute Gasteiger partial charge is 0.756 e. The van der Waals surface area contributed by atoms with E-state index in [0.717, 1.165) is 10.9 Å². The number of fused-ring (bicyclic) bond motifs is 4. The molecule has 4 aromatic heterocycles. The number of phosphoric acid groups is 2. The Morgan fingerprint density at radius 2 is 1.48 bits per heavy atom. The molecule has 0 radical (unpaired) electrons. The van der Waals surface area contributed by atoms with Crippen molar-refractivity contribution in [2.24, 2.45) is 0 Å². The van der Waals surface area contributed by atoms with E-state index in [1.807, 2.05) is 0 Å². The lowest BCUT2D eigenvalue weighted by molar-refractivity contribution is -0.235. The van der Waals surface area contributed by atoms with Gasteiger partial charge in [0.25, 0.3) is 26.8 Å². The maximum Gasteiger partial charge on any atom is 0.280 e. The fourth-order valence-corrected chi connectivity index (χ4v) is 7.45. The number of imidazole rings is 2. The van der Waals surface area contributed by atoms with Gasteiger partial charge in [-0.05, 0) is 0 Å². The molecule has 46 heavy (non-hydrogen) atoms. The van der Waals surface area contributed by atoms with E-state index in [-0.39, 0.29) is 47.1 Å². The van der Waals surface area contributed by atoms with Gasteiger partial charge in [0, 0.05) is 12.8 Å². The first-order valence-corrected chi connectivity index (χ1v) is 16.4. The quantitative estimate of drug-likeness (QED) is 0.132. The third-order valence-electron chi connectivity index (χ3n) is 7.54. The van der Waals surface area contributed by atoms with Crippen molar-refractivity contribution in [3.63, 3.8) is 0 Å². The number of aliphatic hydroxyl groups is 1. The van der Waals surface area contributed by atoms with Gasteiger partial charge in [-0.3, -0.25) is 37.8 Å². The standard InChI is InChI=1S/C21H26N10O13P2/c22-20-26-15-11(17(33)28-20)24-5-30(15)10-3-8-7(41-10)1-2-39-45(35,36)44-14-9(4-40-46(37,38)43-8)42-19(13(14)32)31-6-25-12-16(31)27-21(23)29-18(12)34/h5-10,13-14,19,32H,1-4H2,(H,35,36)(H,37,38)(H3,22,26,28,33)(H3,23,27,29,34)/p-2/t7-,8?,9-,10-,13+,14?,19-/m1/s1. The molecule has 0 aromatic carbocycles. The van der Waals surface area contributed by atoms with Gasteiger partial charge in [0.15, 0.2) is 28.6 Å². The van der Waals surface area contributed by atoms with E-state index in [1.54, 1.807) is 0 Å². The molecular weight excluding hydrogens is 662 g/mol. The predicted octanol–water partition coefficient (Wildman–Crippen LogP) is -2.89. The van der Waals surface area contributed by atoms with Gasteiger partial charge in [0.2, 0.25) is 11.9 Å². The average Bonchev–Trinajstić information content (AvgIpc) is 3.73. The number of hydrogen-bond acceptors (Lipinski definition) is 19. The normalized spacial score (nSPS) is 35.8. The molecule has 3 fully saturated rings. The summed E-state index contributed by atoms with van der Waals surface area (Å²) in [6.45, 7) is -1.42. The molecule has 7 rings (SSSR count). The Bertz CT molecular complexity index is 2030. The molecular formula is C21H24N10O13P2-2. The number of aliphatic hydroxyl groups excluding tert-OH is 1. The number of rotatable bonds is 2. The molecule has 3 aliphatic rings. The van der Waals surface area contributed by atoms with Crippen molar-refractivity contribution in [3.8, 4) is 0 Å². The minimum absolute atomic E-state index is 0.0483. The third-order valence-corrected chi connectivity index (χ3v) is 9.53. The van der Waals surface area contributed by atoms with E-state index in [9.17, 15) is 33.6 Å². The molecule has 248 valence electrons. The van der Waals surface area contributed by atoms with Crippen molar-refractivity contribution in [1.29, 1.82) is 0 Å². The highest BCUT2D eigenvalue weighted by Gasteiger charge is 2.49. The lowest BCUT2D eigenvalue weighted by Gasteiger charge is -2.30. The summed E-state index contributed by atoms with van der Waals surface area (Å²) in [6, 6.07) is 0. The summed E-state index contributed by atoms with van der Waals surface area (Å²) in [4.78, 5) is 70.9. The zero-order valence-corrected chi connectivity index (χ0v) is 24.9. The predicted molar refractivity (Wildman–Crippen MR) is 145 cm³/mol. The van der Waals surface area contributed by atoms with Gasteiger partial charge >= 0.3 is 0 Å². The van der Waals surface area contributed by atoms with Crippen LogP contribution >= 0.6 is 15.6 Å². The monoisotopic (exact) mass is 686 g/mol. The van der Waals surface area contributed by atoms with E-state index < -0.39 is 83.0 Å². The van der Waals surface area contributed by atoms with Crippen LogP contribution in [-0.2, 0) is 36.7 Å². The highest BCUT2D eigenvalue weighted by molar-refractivity contribution is 7.46. The van der Waals surface area contributed by atoms with Crippen molar-refractivity contribution >= 4 is 49.9 Å². The maximum atomic E-state index is 13.0. The minimum atomic E-state index is -5.18. The molecule has 0 aliphatic carbocycles. The van der Waals surface area contributed by atoms with Crippen LogP contribution in [0.1, 0.15) is 25.3 Å². The Hall–Kier alpha value is -3.60. The second-order valence-electron chi connectivity index (χ2n) is 10.5. The lowest BCUT2D eigenvalue weighted by atomic mass is 10.1. The van der Waals surface area contributed by atoms with Crippen LogP contribution in [0.5, 0.6) is 0 Å². The highest BCUT2D eigenvalue weighted by Crippen LogP contribution is 2.50. The van der Waals surface area contributed by atoms with E-state index >= 15 is 0 Å². The van der Waals surface area contributed by atoms with Gasteiger partial charge in [0.1, 0.15) is 24.5 Å². The van der Waals surface area contributed by atoms with Gasteiger partial charge in [0.05, 0.1) is 38.1 Å². The number of nitrogens with one attached hydrogen (secondary N) is 2. The number of phosphoric ester groups is 2. The molecule has 7 N–H and O–H groups in total. The zero-order chi connectivity index (χ0) is 32.5. The van der Waals surface area contributed by atoms with Gasteiger partial charge in [-0.25, -0.2) is 9.97 Å². The van der Waals surface area contributed by atoms with Crippen LogP contribution in [0.4, 0.5) is 11.9 Å². The fraction of sp³-hybridized carbons (Fsp3) is 0.524. The van der Waals surface area contributed by atoms with Crippen LogP contribution < -0.4 is 32.4 Å². The first kappa shape index (κ1) is 31.0. The van der Waals surface area contributed by atoms with Crippen LogP contribution in [0.25, 0.3) is 22.3 Å². The van der Waals surface area contributed by atoms with E-state index in [0.29, 0.717) is 0 Å². The number of ether oxygens (including phenoxy) is 2. The van der Waals surface area contributed by atoms with Crippen molar-refractivity contribution in [2.45, 2.75) is 55.8 Å². The topological polar surface area (TPSA) is 335 Å². The molecule has 23 nitrogen and oxygen atoms in total. The van der Waals surface area contributed by atoms with E-state index in [2.05, 4.69) is 29.9 Å². The van der Waals surface area contributed by atoms with Crippen LogP contribution in [0.15, 0.2) is 22.2 Å². The van der Waals surface area contributed by atoms with Crippen LogP contribution in [0.2, 0.25) is 0 Å². The van der Waals surface area contributed by atoms with Gasteiger partial charge in [-0.2, -0.15) is 9.97 Å². The number of nitrogens with two attached hydrogens (primary N) is 2. The number of anilines is 2. The SMILES string of the molecule is Nc1nc2c(ncn2[C@@H]2O[C@@H]3COP(=O)([O-])OC4C[C@H](n5cnc6c(=O)[nH]c(N)nc65)O[C@@H]4CCOP(=O)([O-])OC3[C@@H]2O)c(=O)[nH]1. The summed E-state index contributed by atoms with van der Waals surface area (Å²) in [5.74, 6) is -0.467. The van der Waals surface area contributed by atoms with Crippen LogP contribution in [0.3, 0.4) is 0 Å². The minimum Gasteiger partial charge on any atom is -0.756 e. The first-order chi connectivity index (χ1) is 21.8. The number of H-pyrrole nitrogens is 2. The Morgan fingerprint density at radius 3 is 2.15 bits per heavy atom. The molecule has 4 aromatic rings. The summed E-state index contributed by atoms with van der Waals surface area (Å²) >= 11 is 0. The lowest BCUT2D eigenvalue weighted by Crippen LogP contribution is -2.37.